The van der Waals surface area contributed by atoms with Crippen molar-refractivity contribution in [2.24, 2.45) is 0 Å². The average Bonchev–Trinajstić information content (AvgIpc) is 2.96. The van der Waals surface area contributed by atoms with Crippen LogP contribution in [0.4, 0.5) is 0 Å². The summed E-state index contributed by atoms with van der Waals surface area (Å²) < 4.78 is 26.5. The number of hydrogen-bond acceptors (Lipinski definition) is 19. The van der Waals surface area contributed by atoms with Crippen LogP contribution in [0.15, 0.2) is 0 Å². The standard InChI is InChI=1S/C23H39NO19.Na/c1-6(27)24-11-7(28)2-23(22(37)38,43-19(11)12(30)8(29)3-25)39-5-10-13(31)14(32)17(35)21(41-10)42-18-9(4-26)40-20(36)16(34)15(18)33;/h7-21,25-26,28-36H,2-5H2,1H3,(H,24,27)(H,37,38);/q;+1/p-1/t7-,8-,9?,10?,11-,12-,13+,14+,15-,16?,17?,18-,19?,20-,21+,23-;/m1./s1. The zero-order chi connectivity index (χ0) is 32.4. The molecule has 3 heterocycles. The van der Waals surface area contributed by atoms with Crippen molar-refractivity contribution in [2.75, 3.05) is 19.8 Å². The molecule has 12 N–H and O–H groups in total. The zero-order valence-corrected chi connectivity index (χ0v) is 25.7. The summed E-state index contributed by atoms with van der Waals surface area (Å²) in [6.07, 6.45) is -27.3. The van der Waals surface area contributed by atoms with Gasteiger partial charge in [-0.2, -0.15) is 0 Å². The number of hydrogen-bond donors (Lipinski definition) is 12. The molecule has 0 radical (unpaired) electrons. The fourth-order valence-electron chi connectivity index (χ4n) is 5.04. The third-order valence-electron chi connectivity index (χ3n) is 7.45. The maximum absolute atomic E-state index is 12.2. The number of carboxylic acid groups (broad SMARTS) is 1. The van der Waals surface area contributed by atoms with Gasteiger partial charge in [0.15, 0.2) is 12.6 Å². The van der Waals surface area contributed by atoms with Crippen LogP contribution in [-0.2, 0) is 33.3 Å². The summed E-state index contributed by atoms with van der Waals surface area (Å²) in [5.41, 5.74) is 0. The molecule has 3 rings (SSSR count). The Balaban J connectivity index is 0.00000675. The van der Waals surface area contributed by atoms with E-state index in [9.17, 15) is 70.9 Å². The van der Waals surface area contributed by atoms with Gasteiger partial charge < -0.3 is 95.1 Å². The molecule has 16 atom stereocenters. The van der Waals surface area contributed by atoms with E-state index >= 15 is 0 Å². The number of amides is 1. The van der Waals surface area contributed by atoms with Crippen LogP contribution in [0.3, 0.4) is 0 Å². The molecule has 3 aliphatic rings. The molecule has 5 unspecified atom stereocenters. The van der Waals surface area contributed by atoms with Crippen LogP contribution < -0.4 is 40.0 Å². The number of carbonyl (C=O) groups excluding carboxylic acids is 2. The Kier molecular flexibility index (Phi) is 14.7. The van der Waals surface area contributed by atoms with Crippen molar-refractivity contribution in [3.63, 3.8) is 0 Å². The summed E-state index contributed by atoms with van der Waals surface area (Å²) in [6.45, 7) is -1.84. The van der Waals surface area contributed by atoms with Crippen molar-refractivity contribution >= 4 is 11.9 Å². The van der Waals surface area contributed by atoms with Crippen molar-refractivity contribution in [1.82, 2.24) is 5.32 Å². The molecule has 3 aliphatic heterocycles. The summed E-state index contributed by atoms with van der Waals surface area (Å²) in [4.78, 5) is 23.9. The minimum absolute atomic E-state index is 0. The molecule has 3 fully saturated rings. The van der Waals surface area contributed by atoms with E-state index in [2.05, 4.69) is 5.32 Å². The molecule has 0 spiro atoms. The van der Waals surface area contributed by atoms with E-state index in [1.165, 1.54) is 0 Å². The molecule has 0 aromatic carbocycles. The number of aliphatic carboxylic acids is 1. The van der Waals surface area contributed by atoms with Crippen LogP contribution in [0.5, 0.6) is 0 Å². The monoisotopic (exact) mass is 655 g/mol. The van der Waals surface area contributed by atoms with Crippen molar-refractivity contribution in [2.45, 2.75) is 111 Å². The normalized spacial score (nSPS) is 44.2. The summed E-state index contributed by atoms with van der Waals surface area (Å²) >= 11 is 0. The molecular weight excluding hydrogens is 617 g/mol. The molecule has 1 amide bonds. The molecule has 20 nitrogen and oxygen atoms in total. The Morgan fingerprint density at radius 3 is 2.14 bits per heavy atom. The van der Waals surface area contributed by atoms with Crippen molar-refractivity contribution in [3.8, 4) is 0 Å². The van der Waals surface area contributed by atoms with Crippen molar-refractivity contribution in [1.29, 1.82) is 0 Å². The van der Waals surface area contributed by atoms with Gasteiger partial charge in [-0.1, -0.05) is 0 Å². The summed E-state index contributed by atoms with van der Waals surface area (Å²) in [5.74, 6) is -5.80. The van der Waals surface area contributed by atoms with Gasteiger partial charge in [0.05, 0.1) is 32.0 Å². The van der Waals surface area contributed by atoms with Gasteiger partial charge in [-0.25, -0.2) is 0 Å². The molecule has 0 saturated carbocycles. The summed E-state index contributed by atoms with van der Waals surface area (Å²) in [7, 11) is 0. The first-order valence-electron chi connectivity index (χ1n) is 13.2. The molecule has 0 aromatic heterocycles. The second-order valence-corrected chi connectivity index (χ2v) is 10.5. The SMILES string of the molecule is CC(=O)N[C@H]1C([C@H](O)[C@H](O)CO)O[C@@](OCC2O[C@@H](O[C@@H]3C(CO)O[C@@H](O)C(O)[C@H]3O)C(O)[C@@H](O)[C@H]2O)(C(=O)[O-])C[C@H]1O.[Na+]. The molecule has 0 bridgehead atoms. The van der Waals surface area contributed by atoms with Crippen LogP contribution in [0.25, 0.3) is 0 Å². The van der Waals surface area contributed by atoms with E-state index in [1.54, 1.807) is 0 Å². The molecular formula is C23H38NNaO19. The van der Waals surface area contributed by atoms with Gasteiger partial charge >= 0.3 is 29.6 Å². The second-order valence-electron chi connectivity index (χ2n) is 10.5. The maximum Gasteiger partial charge on any atom is 1.00 e. The van der Waals surface area contributed by atoms with E-state index in [0.717, 1.165) is 6.92 Å². The Labute approximate surface area is 271 Å². The number of ether oxygens (including phenoxy) is 5. The van der Waals surface area contributed by atoms with E-state index in [0.29, 0.717) is 0 Å². The average molecular weight is 656 g/mol. The van der Waals surface area contributed by atoms with Gasteiger partial charge in [-0.15, -0.1) is 0 Å². The molecule has 44 heavy (non-hydrogen) atoms. The molecule has 250 valence electrons. The van der Waals surface area contributed by atoms with Gasteiger partial charge in [-0.05, 0) is 0 Å². The van der Waals surface area contributed by atoms with Crippen molar-refractivity contribution in [3.05, 3.63) is 0 Å². The van der Waals surface area contributed by atoms with E-state index in [-0.39, 0.29) is 29.6 Å². The van der Waals surface area contributed by atoms with Gasteiger partial charge in [0, 0.05) is 13.3 Å². The van der Waals surface area contributed by atoms with E-state index in [1.807, 2.05) is 0 Å². The predicted octanol–water partition coefficient (Wildman–Crippen LogP) is -12.6. The maximum atomic E-state index is 12.2. The van der Waals surface area contributed by atoms with E-state index in [4.69, 9.17) is 23.7 Å². The Hall–Kier alpha value is -0.700. The summed E-state index contributed by atoms with van der Waals surface area (Å²) in [6, 6.07) is -1.51. The zero-order valence-electron chi connectivity index (χ0n) is 23.7. The van der Waals surface area contributed by atoms with Crippen LogP contribution in [0.2, 0.25) is 0 Å². The fourth-order valence-corrected chi connectivity index (χ4v) is 5.04. The van der Waals surface area contributed by atoms with Crippen LogP contribution in [0.1, 0.15) is 13.3 Å². The first kappa shape index (κ1) is 39.5. The number of carbonyl (C=O) groups is 2. The fraction of sp³-hybridized carbons (Fsp3) is 0.913. The van der Waals surface area contributed by atoms with Gasteiger partial charge in [0.2, 0.25) is 11.7 Å². The second kappa shape index (κ2) is 16.4. The summed E-state index contributed by atoms with van der Waals surface area (Å²) in [5, 5.41) is 126. The van der Waals surface area contributed by atoms with E-state index < -0.39 is 136 Å². The number of aliphatic hydroxyl groups excluding tert-OH is 11. The topological polar surface area (TPSA) is 338 Å². The quantitative estimate of drug-likeness (QED) is 0.0919. The largest absolute Gasteiger partial charge is 1.00 e. The number of aliphatic hydroxyl groups is 11. The molecule has 3 saturated heterocycles. The van der Waals surface area contributed by atoms with Crippen LogP contribution >= 0.6 is 0 Å². The Morgan fingerprint density at radius 1 is 0.955 bits per heavy atom. The van der Waals surface area contributed by atoms with Crippen LogP contribution in [-0.4, -0.2) is 186 Å². The smallest absolute Gasteiger partial charge is 0.544 e. The third kappa shape index (κ3) is 8.41. The molecule has 21 heteroatoms. The third-order valence-corrected chi connectivity index (χ3v) is 7.45. The molecule has 0 aliphatic carbocycles. The number of carboxylic acids is 1. The van der Waals surface area contributed by atoms with Gasteiger partial charge in [0.1, 0.15) is 73.1 Å². The van der Waals surface area contributed by atoms with Crippen LogP contribution in [0, 0.1) is 0 Å². The molecule has 0 aromatic rings. The Morgan fingerprint density at radius 2 is 1.59 bits per heavy atom. The minimum atomic E-state index is -2.94. The van der Waals surface area contributed by atoms with Gasteiger partial charge in [-0.3, -0.25) is 4.79 Å². The Bertz CT molecular complexity index is 949. The number of nitrogens with one attached hydrogen (secondary N) is 1. The van der Waals surface area contributed by atoms with Crippen molar-refractivity contribution < 1.29 is 124 Å². The predicted molar refractivity (Wildman–Crippen MR) is 127 cm³/mol. The number of rotatable bonds is 11. The minimum Gasteiger partial charge on any atom is -0.544 e. The first-order valence-corrected chi connectivity index (χ1v) is 13.2. The first-order chi connectivity index (χ1) is 20.1. The van der Waals surface area contributed by atoms with Gasteiger partial charge in [0.25, 0.3) is 0 Å².